The van der Waals surface area contributed by atoms with E-state index in [1.807, 2.05) is 0 Å². The Morgan fingerprint density at radius 2 is 1.97 bits per heavy atom. The number of hydrogen-bond donors (Lipinski definition) is 1. The molecule has 0 fully saturated rings. The molecule has 0 atom stereocenters. The van der Waals surface area contributed by atoms with Crippen molar-refractivity contribution in [2.75, 3.05) is 6.61 Å². The SMILES string of the molecule is CCOC(=O)C1=C(O)/C(=C/c2ccc([N+](=O)[O-])cc2)SC1=Nc1ccc(Cl)cc1Cl. The zero-order chi connectivity index (χ0) is 21.8. The predicted molar refractivity (Wildman–Crippen MR) is 119 cm³/mol. The first-order valence-corrected chi connectivity index (χ1v) is 10.2. The zero-order valence-corrected chi connectivity index (χ0v) is 17.8. The molecule has 1 N–H and O–H groups in total. The number of nitro groups is 1. The molecule has 0 saturated heterocycles. The van der Waals surface area contributed by atoms with Crippen LogP contribution in [0.1, 0.15) is 12.5 Å². The number of thioether (sulfide) groups is 1. The van der Waals surface area contributed by atoms with Gasteiger partial charge in [-0.3, -0.25) is 10.1 Å². The van der Waals surface area contributed by atoms with Gasteiger partial charge in [-0.1, -0.05) is 35.0 Å². The summed E-state index contributed by atoms with van der Waals surface area (Å²) in [6, 6.07) is 10.5. The number of benzene rings is 2. The van der Waals surface area contributed by atoms with E-state index in [0.29, 0.717) is 21.2 Å². The van der Waals surface area contributed by atoms with Crippen LogP contribution in [0.5, 0.6) is 0 Å². The summed E-state index contributed by atoms with van der Waals surface area (Å²) >= 11 is 13.1. The van der Waals surface area contributed by atoms with Crippen LogP contribution in [0.4, 0.5) is 11.4 Å². The largest absolute Gasteiger partial charge is 0.506 e. The lowest BCUT2D eigenvalue weighted by Crippen LogP contribution is -2.12. The first-order valence-electron chi connectivity index (χ1n) is 8.59. The number of hydrogen-bond acceptors (Lipinski definition) is 7. The molecule has 0 radical (unpaired) electrons. The van der Waals surface area contributed by atoms with Gasteiger partial charge < -0.3 is 9.84 Å². The van der Waals surface area contributed by atoms with E-state index in [2.05, 4.69) is 4.99 Å². The highest BCUT2D eigenvalue weighted by Gasteiger charge is 2.33. The second-order valence-corrected chi connectivity index (χ2v) is 7.79. The van der Waals surface area contributed by atoms with Gasteiger partial charge in [0.15, 0.2) is 0 Å². The Morgan fingerprint density at radius 3 is 2.57 bits per heavy atom. The van der Waals surface area contributed by atoms with Crippen molar-refractivity contribution in [3.8, 4) is 0 Å². The topological polar surface area (TPSA) is 102 Å². The number of carbonyl (C=O) groups excluding carboxylic acids is 1. The summed E-state index contributed by atoms with van der Waals surface area (Å²) in [5.74, 6) is -1.01. The molecule has 1 aliphatic heterocycles. The first kappa shape index (κ1) is 21.9. The Bertz CT molecular complexity index is 1110. The molecular weight excluding hydrogens is 451 g/mol. The molecule has 0 aromatic heterocycles. The van der Waals surface area contributed by atoms with Gasteiger partial charge >= 0.3 is 5.97 Å². The lowest BCUT2D eigenvalue weighted by Gasteiger charge is -2.05. The molecule has 30 heavy (non-hydrogen) atoms. The van der Waals surface area contributed by atoms with Gasteiger partial charge in [0.1, 0.15) is 16.4 Å². The molecule has 0 bridgehead atoms. The summed E-state index contributed by atoms with van der Waals surface area (Å²) in [4.78, 5) is 27.5. The van der Waals surface area contributed by atoms with Gasteiger partial charge in [0.05, 0.1) is 27.1 Å². The Morgan fingerprint density at radius 1 is 1.27 bits per heavy atom. The lowest BCUT2D eigenvalue weighted by atomic mass is 10.1. The van der Waals surface area contributed by atoms with Crippen molar-refractivity contribution in [2.45, 2.75) is 6.92 Å². The maximum Gasteiger partial charge on any atom is 0.344 e. The van der Waals surface area contributed by atoms with Crippen molar-refractivity contribution in [2.24, 2.45) is 4.99 Å². The second kappa shape index (κ2) is 9.34. The average molecular weight is 465 g/mol. The van der Waals surface area contributed by atoms with E-state index in [-0.39, 0.29) is 33.7 Å². The smallest absolute Gasteiger partial charge is 0.344 e. The highest BCUT2D eigenvalue weighted by atomic mass is 35.5. The number of rotatable bonds is 5. The number of nitro benzene ring substituents is 1. The number of nitrogens with zero attached hydrogens (tertiary/aromatic N) is 2. The van der Waals surface area contributed by atoms with Crippen LogP contribution >= 0.6 is 35.0 Å². The molecule has 0 aliphatic carbocycles. The first-order chi connectivity index (χ1) is 14.3. The molecular formula is C20H14Cl2N2O5S. The summed E-state index contributed by atoms with van der Waals surface area (Å²) in [6.45, 7) is 1.77. The van der Waals surface area contributed by atoms with E-state index in [1.165, 1.54) is 30.3 Å². The van der Waals surface area contributed by atoms with Crippen LogP contribution in [0.15, 0.2) is 63.7 Å². The summed E-state index contributed by atoms with van der Waals surface area (Å²) in [6.07, 6.45) is 1.59. The molecule has 0 saturated carbocycles. The third-order valence-electron chi connectivity index (χ3n) is 3.90. The number of non-ortho nitro benzene ring substituents is 1. The molecule has 2 aromatic carbocycles. The van der Waals surface area contributed by atoms with E-state index in [4.69, 9.17) is 27.9 Å². The molecule has 154 valence electrons. The molecule has 0 amide bonds. The molecule has 2 aromatic rings. The van der Waals surface area contributed by atoms with Crippen molar-refractivity contribution in [1.29, 1.82) is 0 Å². The quantitative estimate of drug-likeness (QED) is 0.326. The van der Waals surface area contributed by atoms with Gasteiger partial charge in [-0.15, -0.1) is 0 Å². The minimum atomic E-state index is -0.724. The molecule has 0 spiro atoms. The van der Waals surface area contributed by atoms with Gasteiger partial charge in [-0.05, 0) is 48.9 Å². The minimum absolute atomic E-state index is 0.0529. The number of ether oxygens (including phenoxy) is 1. The zero-order valence-electron chi connectivity index (χ0n) is 15.5. The monoisotopic (exact) mass is 464 g/mol. The maximum absolute atomic E-state index is 12.4. The lowest BCUT2D eigenvalue weighted by molar-refractivity contribution is -0.384. The summed E-state index contributed by atoms with van der Waals surface area (Å²) < 4.78 is 5.05. The highest BCUT2D eigenvalue weighted by molar-refractivity contribution is 8.18. The van der Waals surface area contributed by atoms with Gasteiger partial charge in [0.2, 0.25) is 0 Å². The van der Waals surface area contributed by atoms with Gasteiger partial charge in [0.25, 0.3) is 5.69 Å². The number of carbonyl (C=O) groups is 1. The number of halogens is 2. The predicted octanol–water partition coefficient (Wildman–Crippen LogP) is 6.09. The fourth-order valence-electron chi connectivity index (χ4n) is 2.52. The molecule has 1 aliphatic rings. The Balaban J connectivity index is 2.03. The third-order valence-corrected chi connectivity index (χ3v) is 5.46. The summed E-state index contributed by atoms with van der Waals surface area (Å²) in [5, 5.41) is 22.4. The van der Waals surface area contributed by atoms with Crippen LogP contribution in [0.3, 0.4) is 0 Å². The average Bonchev–Trinajstić information content (AvgIpc) is 2.99. The van der Waals surface area contributed by atoms with E-state index >= 15 is 0 Å². The van der Waals surface area contributed by atoms with Crippen molar-refractivity contribution in [3.63, 3.8) is 0 Å². The van der Waals surface area contributed by atoms with Crippen LogP contribution in [-0.2, 0) is 9.53 Å². The Hall–Kier alpha value is -2.81. The standard InChI is InChI=1S/C20H14Cl2N2O5S/c1-2-29-20(26)17-18(25)16(9-11-3-6-13(7-4-11)24(27)28)30-19(17)23-15-8-5-12(21)10-14(15)22/h3-10,25H,2H2,1H3/b16-9-,23-19?. The fourth-order valence-corrected chi connectivity index (χ4v) is 4.00. The van der Waals surface area contributed by atoms with E-state index in [1.54, 1.807) is 25.1 Å². The van der Waals surface area contributed by atoms with Crippen molar-refractivity contribution >= 4 is 63.4 Å². The van der Waals surface area contributed by atoms with Crippen LogP contribution in [0.25, 0.3) is 6.08 Å². The van der Waals surface area contributed by atoms with Crippen molar-refractivity contribution < 1.29 is 19.6 Å². The van der Waals surface area contributed by atoms with Crippen LogP contribution < -0.4 is 0 Å². The molecule has 1 heterocycles. The van der Waals surface area contributed by atoms with Crippen LogP contribution in [-0.4, -0.2) is 27.6 Å². The van der Waals surface area contributed by atoms with E-state index in [9.17, 15) is 20.0 Å². The highest BCUT2D eigenvalue weighted by Crippen LogP contribution is 2.41. The van der Waals surface area contributed by atoms with E-state index in [0.717, 1.165) is 11.8 Å². The van der Waals surface area contributed by atoms with Gasteiger partial charge in [-0.25, -0.2) is 9.79 Å². The summed E-state index contributed by atoms with van der Waals surface area (Å²) in [5.41, 5.74) is 0.835. The maximum atomic E-state index is 12.4. The normalized spacial score (nSPS) is 16.4. The number of aliphatic imine (C=N–C) groups is 1. The molecule has 7 nitrogen and oxygen atoms in total. The number of esters is 1. The van der Waals surface area contributed by atoms with Crippen LogP contribution in [0.2, 0.25) is 10.0 Å². The fraction of sp³-hybridized carbons (Fsp3) is 0.100. The van der Waals surface area contributed by atoms with Crippen molar-refractivity contribution in [1.82, 2.24) is 0 Å². The Labute approximate surface area is 185 Å². The molecule has 3 rings (SSSR count). The molecule has 10 heteroatoms. The van der Waals surface area contributed by atoms with Crippen LogP contribution in [0, 0.1) is 10.1 Å². The number of aliphatic hydroxyl groups excluding tert-OH is 1. The Kier molecular flexibility index (Phi) is 6.81. The second-order valence-electron chi connectivity index (χ2n) is 5.92. The van der Waals surface area contributed by atoms with Gasteiger partial charge in [0, 0.05) is 17.2 Å². The van der Waals surface area contributed by atoms with E-state index < -0.39 is 10.9 Å². The van der Waals surface area contributed by atoms with Gasteiger partial charge in [-0.2, -0.15) is 0 Å². The summed E-state index contributed by atoms with van der Waals surface area (Å²) in [7, 11) is 0. The number of aliphatic hydroxyl groups is 1. The minimum Gasteiger partial charge on any atom is -0.506 e. The van der Waals surface area contributed by atoms with Crippen molar-refractivity contribution in [3.05, 3.63) is 84.4 Å². The molecule has 0 unspecified atom stereocenters. The third kappa shape index (κ3) is 4.84.